The molecule has 0 aliphatic carbocycles. The highest BCUT2D eigenvalue weighted by Gasteiger charge is 2.33. The van der Waals surface area contributed by atoms with Crippen LogP contribution < -0.4 is 15.0 Å². The van der Waals surface area contributed by atoms with Crippen molar-refractivity contribution < 1.29 is 15.0 Å². The molecule has 3 N–H and O–H groups in total. The number of nitrogens with two attached hydrogens (primary N) is 1. The molecule has 1 fully saturated rings. The summed E-state index contributed by atoms with van der Waals surface area (Å²) in [5.74, 6) is 1.04. The average Bonchev–Trinajstić information content (AvgIpc) is 2.92. The van der Waals surface area contributed by atoms with Crippen LogP contribution in [0.1, 0.15) is 36.9 Å². The minimum absolute atomic E-state index is 0.677. The van der Waals surface area contributed by atoms with Gasteiger partial charge in [0.25, 0.3) is 0 Å². The molecule has 3 rings (SSSR count). The van der Waals surface area contributed by atoms with E-state index in [9.17, 15) is 0 Å². The van der Waals surface area contributed by atoms with Crippen LogP contribution in [0.3, 0.4) is 0 Å². The van der Waals surface area contributed by atoms with Gasteiger partial charge in [-0.25, -0.2) is 0 Å². The number of hydrogen-bond donors (Lipinski definition) is 2. The fourth-order valence-corrected chi connectivity index (χ4v) is 3.44. The second-order valence-corrected chi connectivity index (χ2v) is 5.44. The van der Waals surface area contributed by atoms with Crippen molar-refractivity contribution in [3.8, 4) is 5.75 Å². The van der Waals surface area contributed by atoms with Gasteiger partial charge in [0.05, 0.1) is 19.7 Å². The third kappa shape index (κ3) is 2.25. The van der Waals surface area contributed by atoms with Gasteiger partial charge in [0.2, 0.25) is 0 Å². The Balaban J connectivity index is 1.89. The van der Waals surface area contributed by atoms with Crippen molar-refractivity contribution in [2.45, 2.75) is 32.4 Å². The largest absolute Gasteiger partial charge is 0.494 e. The van der Waals surface area contributed by atoms with Crippen molar-refractivity contribution in [1.82, 2.24) is 0 Å². The number of benzene rings is 1. The number of fused-ring (bicyclic) bond motifs is 1. The molecular weight excluding hydrogens is 224 g/mol. The van der Waals surface area contributed by atoms with Gasteiger partial charge in [0.1, 0.15) is 18.8 Å². The van der Waals surface area contributed by atoms with Crippen molar-refractivity contribution in [1.29, 1.82) is 0 Å². The Kier molecular flexibility index (Phi) is 3.52. The van der Waals surface area contributed by atoms with Crippen molar-refractivity contribution in [3.05, 3.63) is 29.3 Å². The summed E-state index contributed by atoms with van der Waals surface area (Å²) in [7, 11) is 0. The first-order valence-electron chi connectivity index (χ1n) is 7.30. The molecular formula is C15H24N2O+2. The van der Waals surface area contributed by atoms with E-state index in [1.807, 2.05) is 0 Å². The van der Waals surface area contributed by atoms with Crippen molar-refractivity contribution in [2.75, 3.05) is 26.2 Å². The number of quaternary nitrogens is 2. The van der Waals surface area contributed by atoms with Crippen LogP contribution in [-0.2, 0) is 6.54 Å². The van der Waals surface area contributed by atoms with Gasteiger partial charge in [-0.1, -0.05) is 0 Å². The number of hydrogen-bond acceptors (Lipinski definition) is 1. The van der Waals surface area contributed by atoms with Gasteiger partial charge < -0.3 is 15.0 Å². The van der Waals surface area contributed by atoms with E-state index >= 15 is 0 Å². The van der Waals surface area contributed by atoms with Crippen LogP contribution in [-0.4, -0.2) is 26.2 Å². The predicted octanol–water partition coefficient (Wildman–Crippen LogP) is -0.118. The Bertz CT molecular complexity index is 413. The molecule has 98 valence electrons. The van der Waals surface area contributed by atoms with Crippen LogP contribution >= 0.6 is 0 Å². The second kappa shape index (κ2) is 5.29. The maximum absolute atomic E-state index is 5.66. The predicted molar refractivity (Wildman–Crippen MR) is 70.8 cm³/mol. The third-order valence-electron chi connectivity index (χ3n) is 4.31. The molecule has 3 heteroatoms. The maximum Gasteiger partial charge on any atom is 0.163 e. The maximum atomic E-state index is 5.66. The van der Waals surface area contributed by atoms with E-state index in [1.54, 1.807) is 10.5 Å². The summed E-state index contributed by atoms with van der Waals surface area (Å²) in [6, 6.07) is 7.36. The van der Waals surface area contributed by atoms with Gasteiger partial charge in [0, 0.05) is 24.0 Å². The lowest BCUT2D eigenvalue weighted by atomic mass is 9.95. The Hall–Kier alpha value is -1.06. The summed E-state index contributed by atoms with van der Waals surface area (Å²) < 4.78 is 5.66. The summed E-state index contributed by atoms with van der Waals surface area (Å²) in [6.07, 6.45) is 2.79. The van der Waals surface area contributed by atoms with E-state index < -0.39 is 0 Å². The zero-order valence-electron chi connectivity index (χ0n) is 11.2. The zero-order valence-corrected chi connectivity index (χ0v) is 11.2. The Morgan fingerprint density at radius 2 is 2.17 bits per heavy atom. The summed E-state index contributed by atoms with van der Waals surface area (Å²) in [6.45, 7) is 7.86. The van der Waals surface area contributed by atoms with Crippen molar-refractivity contribution in [3.63, 3.8) is 0 Å². The molecule has 0 amide bonds. The molecule has 0 radical (unpaired) electrons. The highest BCUT2D eigenvalue weighted by atomic mass is 16.5. The Morgan fingerprint density at radius 1 is 1.33 bits per heavy atom. The lowest BCUT2D eigenvalue weighted by Crippen LogP contribution is -3.13. The standard InChI is InChI=1S/C15H22N2O/c1-2-18-13-6-5-12-10-16-11-15(14(12)9-13)17-7-3-4-8-17/h5-6,9,15-16H,2-4,7-8,10-11H2,1H3/p+2/t15-/m1/s1. The molecule has 1 atom stereocenters. The molecule has 0 spiro atoms. The van der Waals surface area contributed by atoms with E-state index in [4.69, 9.17) is 4.74 Å². The summed E-state index contributed by atoms with van der Waals surface area (Å²) in [5.41, 5.74) is 3.05. The number of nitrogens with one attached hydrogen (secondary N) is 1. The van der Waals surface area contributed by atoms with E-state index in [2.05, 4.69) is 30.4 Å². The van der Waals surface area contributed by atoms with E-state index in [1.165, 1.54) is 38.0 Å². The van der Waals surface area contributed by atoms with E-state index in [0.717, 1.165) is 18.9 Å². The fourth-order valence-electron chi connectivity index (χ4n) is 3.44. The minimum atomic E-state index is 0.677. The van der Waals surface area contributed by atoms with E-state index in [-0.39, 0.29) is 0 Å². The van der Waals surface area contributed by atoms with Gasteiger partial charge in [-0.15, -0.1) is 0 Å². The molecule has 0 bridgehead atoms. The van der Waals surface area contributed by atoms with Crippen LogP contribution in [0.15, 0.2) is 18.2 Å². The molecule has 2 heterocycles. The van der Waals surface area contributed by atoms with Gasteiger partial charge in [-0.05, 0) is 25.1 Å². The highest BCUT2D eigenvalue weighted by molar-refractivity contribution is 5.37. The second-order valence-electron chi connectivity index (χ2n) is 5.44. The zero-order chi connectivity index (χ0) is 12.4. The summed E-state index contributed by atoms with van der Waals surface area (Å²) in [4.78, 5) is 1.78. The average molecular weight is 248 g/mol. The number of rotatable bonds is 3. The molecule has 3 nitrogen and oxygen atoms in total. The molecule has 18 heavy (non-hydrogen) atoms. The van der Waals surface area contributed by atoms with Gasteiger partial charge in [-0.3, -0.25) is 0 Å². The molecule has 1 aromatic carbocycles. The van der Waals surface area contributed by atoms with Crippen LogP contribution in [0, 0.1) is 0 Å². The van der Waals surface area contributed by atoms with Crippen LogP contribution in [0.25, 0.3) is 0 Å². The fraction of sp³-hybridized carbons (Fsp3) is 0.600. The van der Waals surface area contributed by atoms with Gasteiger partial charge in [0.15, 0.2) is 6.04 Å². The molecule has 2 aliphatic rings. The molecule has 1 saturated heterocycles. The quantitative estimate of drug-likeness (QED) is 0.768. The third-order valence-corrected chi connectivity index (χ3v) is 4.31. The molecule has 0 saturated carbocycles. The lowest BCUT2D eigenvalue weighted by molar-refractivity contribution is -0.937. The SMILES string of the molecule is CCOc1ccc2c(c1)[C@H]([NH+]1CCCC1)C[NH2+]C2. The topological polar surface area (TPSA) is 30.3 Å². The first kappa shape index (κ1) is 12.0. The Labute approximate surface area is 109 Å². The molecule has 1 aromatic rings. The first-order valence-corrected chi connectivity index (χ1v) is 7.30. The normalized spacial score (nSPS) is 23.9. The van der Waals surface area contributed by atoms with E-state index in [0.29, 0.717) is 6.04 Å². The van der Waals surface area contributed by atoms with Crippen LogP contribution in [0.4, 0.5) is 0 Å². The highest BCUT2D eigenvalue weighted by Crippen LogP contribution is 2.23. The molecule has 0 aromatic heterocycles. The molecule has 2 aliphatic heterocycles. The monoisotopic (exact) mass is 248 g/mol. The van der Waals surface area contributed by atoms with Crippen LogP contribution in [0.2, 0.25) is 0 Å². The summed E-state index contributed by atoms with van der Waals surface area (Å²) >= 11 is 0. The first-order chi connectivity index (χ1) is 8.88. The van der Waals surface area contributed by atoms with Crippen molar-refractivity contribution in [2.24, 2.45) is 0 Å². The lowest BCUT2D eigenvalue weighted by Gasteiger charge is -2.29. The Morgan fingerprint density at radius 3 is 2.94 bits per heavy atom. The minimum Gasteiger partial charge on any atom is -0.494 e. The number of likely N-dealkylation sites (tertiary alicyclic amines) is 1. The number of ether oxygens (including phenoxy) is 1. The van der Waals surface area contributed by atoms with Gasteiger partial charge >= 0.3 is 0 Å². The van der Waals surface area contributed by atoms with Crippen molar-refractivity contribution >= 4 is 0 Å². The summed E-state index contributed by atoms with van der Waals surface area (Å²) in [5, 5.41) is 2.46. The molecule has 0 unspecified atom stereocenters. The van der Waals surface area contributed by atoms with Gasteiger partial charge in [-0.2, -0.15) is 0 Å². The van der Waals surface area contributed by atoms with Crippen LogP contribution in [0.5, 0.6) is 5.75 Å². The smallest absolute Gasteiger partial charge is 0.163 e.